The molecule has 4 nitrogen and oxygen atoms in total. The van der Waals surface area contributed by atoms with Crippen molar-refractivity contribution < 1.29 is 9.59 Å². The molecule has 0 bridgehead atoms. The van der Waals surface area contributed by atoms with Crippen molar-refractivity contribution in [3.63, 3.8) is 0 Å². The van der Waals surface area contributed by atoms with Gasteiger partial charge in [-0.3, -0.25) is 9.59 Å². The summed E-state index contributed by atoms with van der Waals surface area (Å²) in [6.07, 6.45) is 4.68. The molecule has 0 atom stereocenters. The number of aryl methyl sites for hydroxylation is 2. The zero-order valence-electron chi connectivity index (χ0n) is 22.1. The number of anilines is 1. The number of hydrogen-bond donors (Lipinski definition) is 2. The Morgan fingerprint density at radius 2 is 1.44 bits per heavy atom. The summed E-state index contributed by atoms with van der Waals surface area (Å²) in [5, 5.41) is 2.70. The molecule has 0 fully saturated rings. The summed E-state index contributed by atoms with van der Waals surface area (Å²) in [6, 6.07) is 25.9. The van der Waals surface area contributed by atoms with Crippen molar-refractivity contribution in [2.24, 2.45) is 5.73 Å². The van der Waals surface area contributed by atoms with Crippen LogP contribution < -0.4 is 11.1 Å². The Kier molecular flexibility index (Phi) is 19.3. The number of aldehydes is 1. The molecule has 0 unspecified atom stereocenters. The molecule has 0 aliphatic carbocycles. The lowest BCUT2D eigenvalue weighted by Gasteiger charge is -2.17. The number of nitrogens with two attached hydrogens (primary N) is 1. The average Bonchev–Trinajstić information content (AvgIpc) is 2.87. The number of carbonyl (C=O) groups is 2. The number of nitrogens with one attached hydrogen (secondary N) is 1. The fourth-order valence-corrected chi connectivity index (χ4v) is 3.23. The van der Waals surface area contributed by atoms with Gasteiger partial charge in [-0.2, -0.15) is 23.5 Å². The van der Waals surface area contributed by atoms with Crippen LogP contribution in [0.3, 0.4) is 0 Å². The zero-order chi connectivity index (χ0) is 27.4. The van der Waals surface area contributed by atoms with Crippen LogP contribution in [0.1, 0.15) is 35.3 Å². The monoisotopic (exact) mass is 638 g/mol. The van der Waals surface area contributed by atoms with Crippen molar-refractivity contribution in [3.05, 3.63) is 99.1 Å². The molecule has 196 valence electrons. The minimum atomic E-state index is -0.0909. The average molecular weight is 639 g/mol. The molecule has 0 heterocycles. The molecule has 3 aromatic carbocycles. The van der Waals surface area contributed by atoms with E-state index in [1.807, 2.05) is 48.7 Å². The molecule has 3 N–H and O–H groups in total. The summed E-state index contributed by atoms with van der Waals surface area (Å²) < 4.78 is 1.25. The van der Waals surface area contributed by atoms with Crippen LogP contribution in [0.4, 0.5) is 5.69 Å². The third-order valence-corrected chi connectivity index (χ3v) is 7.11. The van der Waals surface area contributed by atoms with Crippen molar-refractivity contribution in [3.8, 4) is 0 Å². The predicted molar refractivity (Wildman–Crippen MR) is 171 cm³/mol. The minimum Gasteiger partial charge on any atom is -0.329 e. The fraction of sp³-hybridized carbons (Fsp3) is 0.310. The summed E-state index contributed by atoms with van der Waals surface area (Å²) in [6.45, 7) is 9.20. The van der Waals surface area contributed by atoms with E-state index >= 15 is 0 Å². The summed E-state index contributed by atoms with van der Waals surface area (Å²) >= 11 is 5.37. The fourth-order valence-electron chi connectivity index (χ4n) is 2.21. The van der Waals surface area contributed by atoms with Crippen LogP contribution in [0.5, 0.6) is 0 Å². The van der Waals surface area contributed by atoms with Gasteiger partial charge in [0.2, 0.25) is 5.91 Å². The molecular weight excluding hydrogens is 599 g/mol. The number of amides is 1. The number of rotatable bonds is 6. The number of carbonyl (C=O) groups excluding carboxylic acids is 2. The lowest BCUT2D eigenvalue weighted by atomic mass is 10.2. The van der Waals surface area contributed by atoms with Gasteiger partial charge in [0.25, 0.3) is 0 Å². The highest BCUT2D eigenvalue weighted by Gasteiger charge is 2.11. The first-order chi connectivity index (χ1) is 17.1. The Morgan fingerprint density at radius 3 is 1.75 bits per heavy atom. The second-order valence-corrected chi connectivity index (χ2v) is 11.9. The van der Waals surface area contributed by atoms with Crippen LogP contribution in [0.2, 0.25) is 0 Å². The second kappa shape index (κ2) is 20.3. The highest BCUT2D eigenvalue weighted by molar-refractivity contribution is 14.1. The van der Waals surface area contributed by atoms with E-state index in [2.05, 4.69) is 86.1 Å². The van der Waals surface area contributed by atoms with E-state index in [1.165, 1.54) is 22.9 Å². The van der Waals surface area contributed by atoms with Gasteiger partial charge in [0.05, 0.1) is 11.4 Å². The first-order valence-corrected chi connectivity index (χ1v) is 15.1. The number of hydrogen-bond acceptors (Lipinski definition) is 5. The maximum atomic E-state index is 11.3. The highest BCUT2D eigenvalue weighted by atomic mass is 127. The Hall–Kier alpha value is -1.81. The highest BCUT2D eigenvalue weighted by Crippen LogP contribution is 2.18. The lowest BCUT2D eigenvalue weighted by Crippen LogP contribution is -2.25. The topological polar surface area (TPSA) is 72.2 Å². The van der Waals surface area contributed by atoms with Crippen LogP contribution in [0.15, 0.2) is 78.9 Å². The first kappa shape index (κ1) is 34.2. The molecule has 3 rings (SSSR count). The molecule has 0 aromatic heterocycles. The van der Waals surface area contributed by atoms with E-state index in [0.717, 1.165) is 16.4 Å². The molecule has 0 saturated heterocycles. The van der Waals surface area contributed by atoms with Gasteiger partial charge in [-0.1, -0.05) is 71.8 Å². The molecule has 7 heteroatoms. The second-order valence-electron chi connectivity index (χ2n) is 8.31. The lowest BCUT2D eigenvalue weighted by molar-refractivity contribution is -0.113. The van der Waals surface area contributed by atoms with Gasteiger partial charge in [-0.15, -0.1) is 0 Å². The Balaban J connectivity index is 0.000000491. The van der Waals surface area contributed by atoms with E-state index in [-0.39, 0.29) is 10.7 Å². The third kappa shape index (κ3) is 17.6. The van der Waals surface area contributed by atoms with Gasteiger partial charge in [-0.05, 0) is 81.0 Å². The molecule has 1 amide bonds. The van der Waals surface area contributed by atoms with Gasteiger partial charge < -0.3 is 11.1 Å². The minimum absolute atomic E-state index is 0.0909. The van der Waals surface area contributed by atoms with Gasteiger partial charge in [0.1, 0.15) is 0 Å². The van der Waals surface area contributed by atoms with Crippen LogP contribution >= 0.6 is 46.1 Å². The molecule has 0 aliphatic heterocycles. The smallest absolute Gasteiger partial charge is 0.234 e. The molecule has 3 aromatic rings. The quantitative estimate of drug-likeness (QED) is 0.216. The number of thioether (sulfide) groups is 2. The zero-order valence-corrected chi connectivity index (χ0v) is 25.9. The molecule has 0 spiro atoms. The molecule has 36 heavy (non-hydrogen) atoms. The molecule has 0 saturated carbocycles. The summed E-state index contributed by atoms with van der Waals surface area (Å²) in [4.78, 5) is 22.1. The van der Waals surface area contributed by atoms with Crippen molar-refractivity contribution in [2.75, 3.05) is 30.1 Å². The maximum Gasteiger partial charge on any atom is 0.234 e. The summed E-state index contributed by atoms with van der Waals surface area (Å²) in [5.41, 5.74) is 9.12. The van der Waals surface area contributed by atoms with Gasteiger partial charge >= 0.3 is 0 Å². The molecule has 0 radical (unpaired) electrons. The van der Waals surface area contributed by atoms with E-state index in [1.54, 1.807) is 23.9 Å². The van der Waals surface area contributed by atoms with E-state index < -0.39 is 0 Å². The normalized spacial score (nSPS) is 9.78. The number of halogens is 1. The Bertz CT molecular complexity index is 957. The standard InChI is InChI=1S/C10H10INO2S.2C7H8.C5H13NS/c1-15-6-10(14)12-9-3-2-8(11)4-7(9)5-13;2*1-7-5-3-2-4-6-7;1-5(2,4-6)7-3/h2-5H,6H2,1H3,(H,12,14);2*2-6H,1H3;4,6H2,1-3H3. The van der Waals surface area contributed by atoms with Crippen molar-refractivity contribution in [2.45, 2.75) is 32.4 Å². The SMILES string of the molecule is CSC(C)(C)CN.CSCC(=O)Nc1ccc(I)cc1C=O.Cc1ccccc1.Cc1ccccc1. The Morgan fingerprint density at radius 1 is 0.944 bits per heavy atom. The van der Waals surface area contributed by atoms with Crippen molar-refractivity contribution in [1.29, 1.82) is 0 Å². The van der Waals surface area contributed by atoms with Crippen LogP contribution in [-0.2, 0) is 4.79 Å². The largest absolute Gasteiger partial charge is 0.329 e. The van der Waals surface area contributed by atoms with Gasteiger partial charge in [0, 0.05) is 20.4 Å². The summed E-state index contributed by atoms with van der Waals surface area (Å²) in [7, 11) is 0. The molecular formula is C29H39IN2O2S2. The predicted octanol–water partition coefficient (Wildman–Crippen LogP) is 7.48. The number of benzene rings is 3. The third-order valence-electron chi connectivity index (χ3n) is 4.62. The first-order valence-electron chi connectivity index (χ1n) is 11.4. The van der Waals surface area contributed by atoms with Crippen LogP contribution in [0, 0.1) is 17.4 Å². The van der Waals surface area contributed by atoms with E-state index in [0.29, 0.717) is 17.0 Å². The maximum absolute atomic E-state index is 11.3. The van der Waals surface area contributed by atoms with Gasteiger partial charge in [-0.25, -0.2) is 0 Å². The van der Waals surface area contributed by atoms with Crippen molar-refractivity contribution >= 4 is 64.0 Å². The van der Waals surface area contributed by atoms with Crippen LogP contribution in [0.25, 0.3) is 0 Å². The van der Waals surface area contributed by atoms with Crippen molar-refractivity contribution in [1.82, 2.24) is 0 Å². The van der Waals surface area contributed by atoms with Crippen LogP contribution in [-0.4, -0.2) is 41.7 Å². The van der Waals surface area contributed by atoms with E-state index in [9.17, 15) is 9.59 Å². The summed E-state index contributed by atoms with van der Waals surface area (Å²) in [5.74, 6) is 0.302. The Labute approximate surface area is 239 Å². The van der Waals surface area contributed by atoms with Gasteiger partial charge in [0.15, 0.2) is 6.29 Å². The van der Waals surface area contributed by atoms with E-state index in [4.69, 9.17) is 5.73 Å². The molecule has 0 aliphatic rings.